The average molecular weight is 260 g/mol. The van der Waals surface area contributed by atoms with Crippen LogP contribution in [0.4, 0.5) is 10.8 Å². The Labute approximate surface area is 108 Å². The Bertz CT molecular complexity index is 608. The van der Waals surface area contributed by atoms with E-state index in [4.69, 9.17) is 0 Å². The highest BCUT2D eigenvalue weighted by atomic mass is 32.1. The zero-order valence-corrected chi connectivity index (χ0v) is 10.7. The summed E-state index contributed by atoms with van der Waals surface area (Å²) in [4.78, 5) is 16.1. The first-order valence-corrected chi connectivity index (χ1v) is 6.48. The summed E-state index contributed by atoms with van der Waals surface area (Å²) in [5, 5.41) is 6.54. The van der Waals surface area contributed by atoms with Gasteiger partial charge in [0.15, 0.2) is 0 Å². The number of aromatic nitrogens is 2. The molecule has 2 heterocycles. The van der Waals surface area contributed by atoms with Crippen LogP contribution in [-0.2, 0) is 6.42 Å². The zero-order chi connectivity index (χ0) is 12.5. The van der Waals surface area contributed by atoms with Crippen molar-refractivity contribution in [2.24, 2.45) is 0 Å². The number of benzene rings is 1. The van der Waals surface area contributed by atoms with Gasteiger partial charge in [0.05, 0.1) is 0 Å². The number of carbonyl (C=O) groups is 1. The molecule has 0 atom stereocenters. The minimum atomic E-state index is -0.150. The fraction of sp³-hybridized carbons (Fsp3) is 0.250. The van der Waals surface area contributed by atoms with E-state index in [-0.39, 0.29) is 5.91 Å². The molecule has 5 nitrogen and oxygen atoms in total. The number of fused-ring (bicyclic) bond motifs is 1. The largest absolute Gasteiger partial charge is 0.384 e. The highest BCUT2D eigenvalue weighted by Gasteiger charge is 2.14. The Morgan fingerprint density at radius 3 is 3.17 bits per heavy atom. The van der Waals surface area contributed by atoms with Gasteiger partial charge in [-0.05, 0) is 31.0 Å². The number of aryl methyl sites for hydroxylation is 1. The summed E-state index contributed by atoms with van der Waals surface area (Å²) in [6.07, 6.45) is 1.02. The SMILES string of the molecule is Cc1nsc(NC(=O)c2ccc3c(c2)NCC3)n1. The topological polar surface area (TPSA) is 66.9 Å². The Morgan fingerprint density at radius 2 is 2.39 bits per heavy atom. The lowest BCUT2D eigenvalue weighted by atomic mass is 10.1. The van der Waals surface area contributed by atoms with Crippen molar-refractivity contribution in [2.45, 2.75) is 13.3 Å². The van der Waals surface area contributed by atoms with Crippen LogP contribution in [0.15, 0.2) is 18.2 Å². The van der Waals surface area contributed by atoms with E-state index in [0.29, 0.717) is 16.5 Å². The van der Waals surface area contributed by atoms with Gasteiger partial charge < -0.3 is 5.32 Å². The van der Waals surface area contributed by atoms with E-state index in [1.807, 2.05) is 18.2 Å². The molecule has 0 fully saturated rings. The van der Waals surface area contributed by atoms with E-state index in [1.54, 1.807) is 6.92 Å². The predicted molar refractivity (Wildman–Crippen MR) is 71.2 cm³/mol. The molecule has 92 valence electrons. The zero-order valence-electron chi connectivity index (χ0n) is 9.86. The van der Waals surface area contributed by atoms with E-state index >= 15 is 0 Å². The second-order valence-electron chi connectivity index (χ2n) is 4.15. The summed E-state index contributed by atoms with van der Waals surface area (Å²) in [6, 6.07) is 5.72. The van der Waals surface area contributed by atoms with Crippen LogP contribution >= 0.6 is 11.5 Å². The van der Waals surface area contributed by atoms with Crippen LogP contribution in [0.1, 0.15) is 21.7 Å². The Hall–Kier alpha value is -1.95. The first-order chi connectivity index (χ1) is 8.72. The highest BCUT2D eigenvalue weighted by Crippen LogP contribution is 2.23. The molecular formula is C12H12N4OS. The lowest BCUT2D eigenvalue weighted by Gasteiger charge is -2.04. The Balaban J connectivity index is 1.80. The smallest absolute Gasteiger partial charge is 0.257 e. The lowest BCUT2D eigenvalue weighted by molar-refractivity contribution is 0.102. The maximum Gasteiger partial charge on any atom is 0.257 e. The van der Waals surface area contributed by atoms with Gasteiger partial charge in [0.25, 0.3) is 5.91 Å². The summed E-state index contributed by atoms with van der Waals surface area (Å²) in [5.41, 5.74) is 2.95. The average Bonchev–Trinajstić information content (AvgIpc) is 2.96. The molecule has 0 radical (unpaired) electrons. The molecule has 1 amide bonds. The third-order valence-electron chi connectivity index (χ3n) is 2.83. The van der Waals surface area contributed by atoms with Gasteiger partial charge in [-0.1, -0.05) is 6.07 Å². The van der Waals surface area contributed by atoms with Crippen LogP contribution in [0, 0.1) is 6.92 Å². The summed E-state index contributed by atoms with van der Waals surface area (Å²) >= 11 is 1.19. The molecule has 1 aromatic carbocycles. The first kappa shape index (κ1) is 11.2. The molecule has 6 heteroatoms. The number of anilines is 2. The van der Waals surface area contributed by atoms with E-state index < -0.39 is 0 Å². The second kappa shape index (κ2) is 4.38. The Morgan fingerprint density at radius 1 is 1.50 bits per heavy atom. The molecule has 0 aliphatic carbocycles. The molecule has 0 spiro atoms. The Kier molecular flexibility index (Phi) is 2.71. The minimum absolute atomic E-state index is 0.150. The van der Waals surface area contributed by atoms with Crippen LogP contribution in [0.3, 0.4) is 0 Å². The quantitative estimate of drug-likeness (QED) is 0.867. The number of nitrogens with zero attached hydrogens (tertiary/aromatic N) is 2. The van der Waals surface area contributed by atoms with Crippen LogP contribution in [0.5, 0.6) is 0 Å². The van der Waals surface area contributed by atoms with Crippen molar-refractivity contribution >= 4 is 28.3 Å². The molecule has 1 aliphatic rings. The van der Waals surface area contributed by atoms with Crippen molar-refractivity contribution in [1.29, 1.82) is 0 Å². The summed E-state index contributed by atoms with van der Waals surface area (Å²) in [6.45, 7) is 2.74. The van der Waals surface area contributed by atoms with Crippen LogP contribution in [0.2, 0.25) is 0 Å². The fourth-order valence-corrected chi connectivity index (χ4v) is 2.52. The van der Waals surface area contributed by atoms with E-state index in [9.17, 15) is 4.79 Å². The normalized spacial score (nSPS) is 12.9. The van der Waals surface area contributed by atoms with Gasteiger partial charge in [-0.3, -0.25) is 10.1 Å². The summed E-state index contributed by atoms with van der Waals surface area (Å²) < 4.78 is 4.02. The van der Waals surface area contributed by atoms with Gasteiger partial charge in [0.2, 0.25) is 5.13 Å². The van der Waals surface area contributed by atoms with Crippen molar-refractivity contribution in [2.75, 3.05) is 17.2 Å². The van der Waals surface area contributed by atoms with Crippen molar-refractivity contribution in [1.82, 2.24) is 9.36 Å². The first-order valence-electron chi connectivity index (χ1n) is 5.71. The van der Waals surface area contributed by atoms with E-state index in [1.165, 1.54) is 17.1 Å². The van der Waals surface area contributed by atoms with Gasteiger partial charge in [-0.2, -0.15) is 4.37 Å². The third kappa shape index (κ3) is 2.06. The van der Waals surface area contributed by atoms with Gasteiger partial charge in [0, 0.05) is 29.3 Å². The summed E-state index contributed by atoms with van der Waals surface area (Å²) in [7, 11) is 0. The molecule has 0 bridgehead atoms. The van der Waals surface area contributed by atoms with Crippen LogP contribution in [-0.4, -0.2) is 21.8 Å². The standard InChI is InChI=1S/C12H12N4OS/c1-7-14-12(18-16-7)15-11(17)9-3-2-8-4-5-13-10(8)6-9/h2-3,6,13H,4-5H2,1H3,(H,14,15,16,17). The molecule has 2 aromatic rings. The number of rotatable bonds is 2. The molecule has 1 aromatic heterocycles. The van der Waals surface area contributed by atoms with Crippen molar-refractivity contribution in [3.8, 4) is 0 Å². The van der Waals surface area contributed by atoms with Crippen LogP contribution in [0.25, 0.3) is 0 Å². The maximum atomic E-state index is 12.0. The van der Waals surface area contributed by atoms with Gasteiger partial charge in [0.1, 0.15) is 5.82 Å². The molecule has 1 aliphatic heterocycles. The monoisotopic (exact) mass is 260 g/mol. The number of hydrogen-bond acceptors (Lipinski definition) is 5. The molecule has 2 N–H and O–H groups in total. The van der Waals surface area contributed by atoms with Gasteiger partial charge in [-0.25, -0.2) is 4.98 Å². The number of amides is 1. The highest BCUT2D eigenvalue weighted by molar-refractivity contribution is 7.09. The molecule has 0 saturated carbocycles. The van der Waals surface area contributed by atoms with Crippen molar-refractivity contribution < 1.29 is 4.79 Å². The number of nitrogens with one attached hydrogen (secondary N) is 2. The van der Waals surface area contributed by atoms with Gasteiger partial charge in [-0.15, -0.1) is 0 Å². The summed E-state index contributed by atoms with van der Waals surface area (Å²) in [5.74, 6) is 0.522. The number of carbonyl (C=O) groups excluding carboxylic acids is 1. The fourth-order valence-electron chi connectivity index (χ4n) is 1.95. The molecule has 0 saturated heterocycles. The van der Waals surface area contributed by atoms with Crippen molar-refractivity contribution in [3.05, 3.63) is 35.2 Å². The van der Waals surface area contributed by atoms with E-state index in [2.05, 4.69) is 20.0 Å². The third-order valence-corrected chi connectivity index (χ3v) is 3.55. The lowest BCUT2D eigenvalue weighted by Crippen LogP contribution is -2.11. The molecule has 3 rings (SSSR count). The predicted octanol–water partition coefficient (Wildman–Crippen LogP) is 2.07. The molecular weight excluding hydrogens is 248 g/mol. The second-order valence-corrected chi connectivity index (χ2v) is 4.90. The van der Waals surface area contributed by atoms with E-state index in [0.717, 1.165) is 18.7 Å². The molecule has 0 unspecified atom stereocenters. The number of hydrogen-bond donors (Lipinski definition) is 2. The molecule has 18 heavy (non-hydrogen) atoms. The van der Waals surface area contributed by atoms with Crippen LogP contribution < -0.4 is 10.6 Å². The van der Waals surface area contributed by atoms with Crippen molar-refractivity contribution in [3.63, 3.8) is 0 Å². The van der Waals surface area contributed by atoms with Gasteiger partial charge >= 0.3 is 0 Å². The minimum Gasteiger partial charge on any atom is -0.384 e. The maximum absolute atomic E-state index is 12.0.